The minimum absolute atomic E-state index is 0.127. The Morgan fingerprint density at radius 3 is 2.24 bits per heavy atom. The largest absolute Gasteiger partial charge is 0.481 e. The molecule has 7 heteroatoms. The van der Waals surface area contributed by atoms with Gasteiger partial charge < -0.3 is 5.11 Å². The van der Waals surface area contributed by atoms with Crippen LogP contribution < -0.4 is 0 Å². The molecule has 2 rings (SSSR count). The van der Waals surface area contributed by atoms with E-state index in [1.54, 1.807) is 8.61 Å². The van der Waals surface area contributed by atoms with Crippen molar-refractivity contribution < 1.29 is 18.3 Å². The van der Waals surface area contributed by atoms with Crippen LogP contribution in [0.15, 0.2) is 0 Å². The molecule has 21 heavy (non-hydrogen) atoms. The van der Waals surface area contributed by atoms with Crippen LogP contribution in [-0.2, 0) is 15.0 Å². The van der Waals surface area contributed by atoms with Crippen molar-refractivity contribution in [3.05, 3.63) is 0 Å². The van der Waals surface area contributed by atoms with E-state index in [4.69, 9.17) is 5.11 Å². The first-order valence-corrected chi connectivity index (χ1v) is 9.37. The lowest BCUT2D eigenvalue weighted by molar-refractivity contribution is -0.137. The molecule has 0 aromatic heterocycles. The van der Waals surface area contributed by atoms with Gasteiger partial charge in [0.1, 0.15) is 0 Å². The topological polar surface area (TPSA) is 77.9 Å². The Morgan fingerprint density at radius 1 is 1.00 bits per heavy atom. The Hall–Kier alpha value is -0.660. The van der Waals surface area contributed by atoms with Crippen LogP contribution in [-0.4, -0.2) is 54.3 Å². The zero-order valence-corrected chi connectivity index (χ0v) is 13.4. The number of carboxylic acid groups (broad SMARTS) is 1. The summed E-state index contributed by atoms with van der Waals surface area (Å²) in [6.07, 6.45) is 6.55. The van der Waals surface area contributed by atoms with Gasteiger partial charge in [-0.25, -0.2) is 0 Å². The normalized spacial score (nSPS) is 26.4. The highest BCUT2D eigenvalue weighted by molar-refractivity contribution is 7.86. The Kier molecular flexibility index (Phi) is 6.01. The number of rotatable bonds is 5. The summed E-state index contributed by atoms with van der Waals surface area (Å²) in [7, 11) is -3.36. The zero-order chi connectivity index (χ0) is 15.3. The smallest absolute Gasteiger partial charge is 0.303 e. The van der Waals surface area contributed by atoms with Gasteiger partial charge in [0.25, 0.3) is 10.2 Å². The molecule has 1 unspecified atom stereocenters. The highest BCUT2D eigenvalue weighted by Crippen LogP contribution is 2.25. The SMILES string of the molecule is O=C(O)CCC1CCCN(S(=O)(=O)N2CCCCCC2)C1. The van der Waals surface area contributed by atoms with Gasteiger partial charge in [-0.05, 0) is 38.0 Å². The molecule has 6 nitrogen and oxygen atoms in total. The van der Waals surface area contributed by atoms with E-state index >= 15 is 0 Å². The van der Waals surface area contributed by atoms with E-state index in [9.17, 15) is 13.2 Å². The standard InChI is InChI=1S/C14H26N2O4S/c17-14(18)8-7-13-6-5-11-16(12-13)21(19,20)15-9-3-1-2-4-10-15/h13H,1-12H2,(H,17,18). The van der Waals surface area contributed by atoms with Crippen LogP contribution in [0.25, 0.3) is 0 Å². The van der Waals surface area contributed by atoms with E-state index < -0.39 is 16.2 Å². The van der Waals surface area contributed by atoms with Crippen molar-refractivity contribution in [1.29, 1.82) is 0 Å². The molecule has 0 aromatic rings. The van der Waals surface area contributed by atoms with Crippen LogP contribution in [0.3, 0.4) is 0 Å². The summed E-state index contributed by atoms with van der Waals surface area (Å²) < 4.78 is 28.6. The number of hydrogen-bond donors (Lipinski definition) is 1. The Bertz CT molecular complexity index is 444. The van der Waals surface area contributed by atoms with Gasteiger partial charge in [-0.2, -0.15) is 17.0 Å². The lowest BCUT2D eigenvalue weighted by atomic mass is 9.95. The molecule has 0 spiro atoms. The molecule has 0 amide bonds. The number of nitrogens with zero attached hydrogens (tertiary/aromatic N) is 2. The molecule has 2 heterocycles. The van der Waals surface area contributed by atoms with Gasteiger partial charge in [0.2, 0.25) is 0 Å². The second-order valence-corrected chi connectivity index (χ2v) is 8.05. The van der Waals surface area contributed by atoms with Crippen LogP contribution in [0.1, 0.15) is 51.4 Å². The number of carboxylic acids is 1. The zero-order valence-electron chi connectivity index (χ0n) is 12.5. The Labute approximate surface area is 127 Å². The van der Waals surface area contributed by atoms with E-state index in [-0.39, 0.29) is 12.3 Å². The summed E-state index contributed by atoms with van der Waals surface area (Å²) in [4.78, 5) is 10.7. The van der Waals surface area contributed by atoms with Crippen molar-refractivity contribution in [3.8, 4) is 0 Å². The van der Waals surface area contributed by atoms with Crippen molar-refractivity contribution in [1.82, 2.24) is 8.61 Å². The summed E-state index contributed by atoms with van der Waals surface area (Å²) in [5.41, 5.74) is 0. The second kappa shape index (κ2) is 7.56. The molecule has 0 saturated carbocycles. The third kappa shape index (κ3) is 4.66. The van der Waals surface area contributed by atoms with Crippen LogP contribution in [0.2, 0.25) is 0 Å². The van der Waals surface area contributed by atoms with Gasteiger partial charge in [-0.1, -0.05) is 12.8 Å². The molecule has 1 N–H and O–H groups in total. The Balaban J connectivity index is 1.96. The molecule has 0 bridgehead atoms. The summed E-state index contributed by atoms with van der Waals surface area (Å²) in [5.74, 6) is -0.626. The number of carbonyl (C=O) groups is 1. The van der Waals surface area contributed by atoms with Crippen molar-refractivity contribution in [2.75, 3.05) is 26.2 Å². The summed E-state index contributed by atoms with van der Waals surface area (Å²) in [6.45, 7) is 2.30. The number of hydrogen-bond acceptors (Lipinski definition) is 3. The lowest BCUT2D eigenvalue weighted by Gasteiger charge is -2.35. The number of aliphatic carboxylic acids is 1. The quantitative estimate of drug-likeness (QED) is 0.836. The van der Waals surface area contributed by atoms with Crippen LogP contribution >= 0.6 is 0 Å². The maximum atomic E-state index is 12.7. The van der Waals surface area contributed by atoms with Crippen molar-refractivity contribution in [3.63, 3.8) is 0 Å². The molecule has 2 fully saturated rings. The predicted molar refractivity (Wildman–Crippen MR) is 80.1 cm³/mol. The molecule has 122 valence electrons. The highest BCUT2D eigenvalue weighted by Gasteiger charge is 2.33. The fourth-order valence-electron chi connectivity index (χ4n) is 3.24. The van der Waals surface area contributed by atoms with Gasteiger partial charge in [0.05, 0.1) is 0 Å². The summed E-state index contributed by atoms with van der Waals surface area (Å²) in [5, 5.41) is 8.76. The van der Waals surface area contributed by atoms with E-state index in [1.807, 2.05) is 0 Å². The van der Waals surface area contributed by atoms with Gasteiger partial charge >= 0.3 is 5.97 Å². The van der Waals surface area contributed by atoms with E-state index in [2.05, 4.69) is 0 Å². The lowest BCUT2D eigenvalue weighted by Crippen LogP contribution is -2.48. The molecule has 2 aliphatic heterocycles. The predicted octanol–water partition coefficient (Wildman–Crippen LogP) is 1.68. The first-order chi connectivity index (χ1) is 10.00. The molecular formula is C14H26N2O4S. The van der Waals surface area contributed by atoms with Crippen molar-refractivity contribution in [2.45, 2.75) is 51.4 Å². The van der Waals surface area contributed by atoms with E-state index in [0.717, 1.165) is 38.5 Å². The maximum absolute atomic E-state index is 12.7. The fraction of sp³-hybridized carbons (Fsp3) is 0.929. The average Bonchev–Trinajstić information content (AvgIpc) is 2.75. The van der Waals surface area contributed by atoms with Gasteiger partial charge in [0.15, 0.2) is 0 Å². The molecule has 0 radical (unpaired) electrons. The van der Waals surface area contributed by atoms with Gasteiger partial charge in [-0.15, -0.1) is 0 Å². The minimum atomic E-state index is -3.36. The van der Waals surface area contributed by atoms with Crippen LogP contribution in [0, 0.1) is 5.92 Å². The summed E-state index contributed by atoms with van der Waals surface area (Å²) >= 11 is 0. The average molecular weight is 318 g/mol. The molecule has 2 aliphatic rings. The van der Waals surface area contributed by atoms with Crippen molar-refractivity contribution in [2.24, 2.45) is 5.92 Å². The van der Waals surface area contributed by atoms with E-state index in [1.165, 1.54) is 0 Å². The van der Waals surface area contributed by atoms with E-state index in [0.29, 0.717) is 32.6 Å². The van der Waals surface area contributed by atoms with Gasteiger partial charge in [-0.3, -0.25) is 4.79 Å². The maximum Gasteiger partial charge on any atom is 0.303 e. The van der Waals surface area contributed by atoms with Crippen molar-refractivity contribution >= 4 is 16.2 Å². The number of piperidine rings is 1. The first kappa shape index (κ1) is 16.7. The fourth-order valence-corrected chi connectivity index (χ4v) is 5.04. The second-order valence-electron chi connectivity index (χ2n) is 6.12. The van der Waals surface area contributed by atoms with Crippen LogP contribution in [0.5, 0.6) is 0 Å². The molecular weight excluding hydrogens is 292 g/mol. The first-order valence-electron chi connectivity index (χ1n) is 7.97. The molecule has 1 atom stereocenters. The Morgan fingerprint density at radius 2 is 1.62 bits per heavy atom. The third-order valence-corrected chi connectivity index (χ3v) is 6.47. The minimum Gasteiger partial charge on any atom is -0.481 e. The molecule has 2 saturated heterocycles. The van der Waals surface area contributed by atoms with Gasteiger partial charge in [0, 0.05) is 32.6 Å². The highest BCUT2D eigenvalue weighted by atomic mass is 32.2. The molecule has 0 aromatic carbocycles. The summed E-state index contributed by atoms with van der Waals surface area (Å²) in [6, 6.07) is 0. The van der Waals surface area contributed by atoms with Crippen LogP contribution in [0.4, 0.5) is 0 Å². The third-order valence-electron chi connectivity index (χ3n) is 4.47. The monoisotopic (exact) mass is 318 g/mol. The molecule has 0 aliphatic carbocycles.